The van der Waals surface area contributed by atoms with Crippen LogP contribution in [0.2, 0.25) is 0 Å². The standard InChI is InChI=1S/C11H20O2/c1-6-13-11(12)10(9(4)5)7-8(2)3/h6,8-10H,1,7H2,2-5H3. The zero-order valence-corrected chi connectivity index (χ0v) is 9.04. The summed E-state index contributed by atoms with van der Waals surface area (Å²) in [5.41, 5.74) is 0. The Labute approximate surface area is 81.0 Å². The monoisotopic (exact) mass is 184 g/mol. The third-order valence-electron chi connectivity index (χ3n) is 2.03. The summed E-state index contributed by atoms with van der Waals surface area (Å²) in [6.45, 7) is 11.7. The second-order valence-corrected chi connectivity index (χ2v) is 4.08. The first-order valence-electron chi connectivity index (χ1n) is 4.80. The normalized spacial score (nSPS) is 13.1. The summed E-state index contributed by atoms with van der Waals surface area (Å²) < 4.78 is 4.79. The van der Waals surface area contributed by atoms with Gasteiger partial charge in [-0.05, 0) is 18.3 Å². The van der Waals surface area contributed by atoms with Gasteiger partial charge in [-0.2, -0.15) is 0 Å². The van der Waals surface area contributed by atoms with Gasteiger partial charge in [0.1, 0.15) is 0 Å². The van der Waals surface area contributed by atoms with Gasteiger partial charge in [-0.3, -0.25) is 4.79 Å². The molecule has 0 saturated carbocycles. The van der Waals surface area contributed by atoms with Crippen LogP contribution >= 0.6 is 0 Å². The van der Waals surface area contributed by atoms with E-state index in [0.29, 0.717) is 11.8 Å². The molecule has 13 heavy (non-hydrogen) atoms. The molecule has 0 aliphatic rings. The summed E-state index contributed by atoms with van der Waals surface area (Å²) in [6, 6.07) is 0. The van der Waals surface area contributed by atoms with Gasteiger partial charge in [0.15, 0.2) is 0 Å². The third kappa shape index (κ3) is 4.71. The quantitative estimate of drug-likeness (QED) is 0.485. The molecule has 0 heterocycles. The Bertz CT molecular complexity index is 171. The van der Waals surface area contributed by atoms with Gasteiger partial charge in [0.2, 0.25) is 0 Å². The number of carbonyl (C=O) groups is 1. The molecule has 1 unspecified atom stereocenters. The molecule has 0 N–H and O–H groups in total. The van der Waals surface area contributed by atoms with Crippen LogP contribution in [0.4, 0.5) is 0 Å². The number of hydrogen-bond acceptors (Lipinski definition) is 2. The van der Waals surface area contributed by atoms with Gasteiger partial charge in [0, 0.05) is 0 Å². The minimum absolute atomic E-state index is 0.00185. The van der Waals surface area contributed by atoms with E-state index in [1.807, 2.05) is 13.8 Å². The molecule has 0 fully saturated rings. The topological polar surface area (TPSA) is 26.3 Å². The molecule has 0 aromatic carbocycles. The first kappa shape index (κ1) is 12.2. The van der Waals surface area contributed by atoms with E-state index in [9.17, 15) is 4.79 Å². The van der Waals surface area contributed by atoms with Crippen molar-refractivity contribution in [2.24, 2.45) is 17.8 Å². The van der Waals surface area contributed by atoms with Gasteiger partial charge in [-0.1, -0.05) is 34.3 Å². The van der Waals surface area contributed by atoms with Crippen molar-refractivity contribution >= 4 is 5.97 Å². The van der Waals surface area contributed by atoms with Gasteiger partial charge < -0.3 is 4.74 Å². The fourth-order valence-electron chi connectivity index (χ4n) is 1.32. The summed E-state index contributed by atoms with van der Waals surface area (Å²) in [5, 5.41) is 0. The van der Waals surface area contributed by atoms with E-state index in [1.165, 1.54) is 6.26 Å². The fraction of sp³-hybridized carbons (Fsp3) is 0.727. The predicted octanol–water partition coefficient (Wildman–Crippen LogP) is 2.99. The molecule has 2 heteroatoms. The smallest absolute Gasteiger partial charge is 0.313 e. The number of hydrogen-bond donors (Lipinski definition) is 0. The summed E-state index contributed by atoms with van der Waals surface area (Å²) in [5.74, 6) is 0.691. The van der Waals surface area contributed by atoms with Crippen LogP contribution in [0, 0.1) is 17.8 Å². The number of rotatable bonds is 5. The van der Waals surface area contributed by atoms with Crippen LogP contribution in [0.5, 0.6) is 0 Å². The van der Waals surface area contributed by atoms with Crippen LogP contribution in [-0.2, 0) is 9.53 Å². The molecule has 0 saturated heterocycles. The number of ether oxygens (including phenoxy) is 1. The molecule has 76 valence electrons. The van der Waals surface area contributed by atoms with Crippen LogP contribution in [0.25, 0.3) is 0 Å². The van der Waals surface area contributed by atoms with Crippen LogP contribution in [0.3, 0.4) is 0 Å². The molecule has 0 aromatic rings. The van der Waals surface area contributed by atoms with Crippen molar-refractivity contribution in [2.75, 3.05) is 0 Å². The highest BCUT2D eigenvalue weighted by atomic mass is 16.5. The molecule has 0 spiro atoms. The second kappa shape index (κ2) is 5.79. The molecule has 0 aliphatic carbocycles. The van der Waals surface area contributed by atoms with E-state index in [-0.39, 0.29) is 11.9 Å². The Morgan fingerprint density at radius 3 is 2.23 bits per heavy atom. The summed E-state index contributed by atoms with van der Waals surface area (Å²) in [4.78, 5) is 11.4. The zero-order valence-electron chi connectivity index (χ0n) is 9.04. The fourth-order valence-corrected chi connectivity index (χ4v) is 1.32. The van der Waals surface area contributed by atoms with Crippen molar-refractivity contribution in [3.63, 3.8) is 0 Å². The van der Waals surface area contributed by atoms with Crippen LogP contribution < -0.4 is 0 Å². The highest BCUT2D eigenvalue weighted by Crippen LogP contribution is 2.21. The summed E-state index contributed by atoms with van der Waals surface area (Å²) >= 11 is 0. The lowest BCUT2D eigenvalue weighted by atomic mass is 9.88. The lowest BCUT2D eigenvalue weighted by Crippen LogP contribution is -2.22. The van der Waals surface area contributed by atoms with Crippen molar-refractivity contribution in [3.8, 4) is 0 Å². The van der Waals surface area contributed by atoms with E-state index in [0.717, 1.165) is 6.42 Å². The lowest BCUT2D eigenvalue weighted by Gasteiger charge is -2.19. The van der Waals surface area contributed by atoms with Crippen LogP contribution in [0.1, 0.15) is 34.1 Å². The number of carbonyl (C=O) groups excluding carboxylic acids is 1. The van der Waals surface area contributed by atoms with Crippen molar-refractivity contribution < 1.29 is 9.53 Å². The van der Waals surface area contributed by atoms with Crippen molar-refractivity contribution in [1.82, 2.24) is 0 Å². The van der Waals surface area contributed by atoms with Gasteiger partial charge >= 0.3 is 5.97 Å². The van der Waals surface area contributed by atoms with E-state index in [1.54, 1.807) is 0 Å². The van der Waals surface area contributed by atoms with Crippen LogP contribution in [-0.4, -0.2) is 5.97 Å². The molecule has 0 aliphatic heterocycles. The maximum atomic E-state index is 11.4. The Balaban J connectivity index is 4.23. The minimum atomic E-state index is -0.154. The maximum Gasteiger partial charge on any atom is 0.313 e. The largest absolute Gasteiger partial charge is 0.435 e. The third-order valence-corrected chi connectivity index (χ3v) is 2.03. The maximum absolute atomic E-state index is 11.4. The zero-order chi connectivity index (χ0) is 10.4. The molecule has 1 atom stereocenters. The SMILES string of the molecule is C=COC(=O)C(CC(C)C)C(C)C. The lowest BCUT2D eigenvalue weighted by molar-refractivity contribution is -0.144. The van der Waals surface area contributed by atoms with Gasteiger partial charge in [0.25, 0.3) is 0 Å². The van der Waals surface area contributed by atoms with E-state index >= 15 is 0 Å². The van der Waals surface area contributed by atoms with Crippen molar-refractivity contribution in [2.45, 2.75) is 34.1 Å². The van der Waals surface area contributed by atoms with Crippen molar-refractivity contribution in [1.29, 1.82) is 0 Å². The Hall–Kier alpha value is -0.790. The highest BCUT2D eigenvalue weighted by molar-refractivity contribution is 5.73. The predicted molar refractivity (Wildman–Crippen MR) is 54.1 cm³/mol. The number of esters is 1. The molecule has 0 rings (SSSR count). The first-order valence-corrected chi connectivity index (χ1v) is 4.80. The summed E-state index contributed by atoms with van der Waals surface area (Å²) in [7, 11) is 0. The Morgan fingerprint density at radius 2 is 1.92 bits per heavy atom. The molecule has 0 radical (unpaired) electrons. The molecule has 0 bridgehead atoms. The van der Waals surface area contributed by atoms with Gasteiger partial charge in [-0.15, -0.1) is 0 Å². The molecule has 2 nitrogen and oxygen atoms in total. The highest BCUT2D eigenvalue weighted by Gasteiger charge is 2.23. The van der Waals surface area contributed by atoms with Gasteiger partial charge in [0.05, 0.1) is 12.2 Å². The summed E-state index contributed by atoms with van der Waals surface area (Å²) in [6.07, 6.45) is 2.09. The van der Waals surface area contributed by atoms with Crippen LogP contribution in [0.15, 0.2) is 12.8 Å². The molecular weight excluding hydrogens is 164 g/mol. The molecule has 0 amide bonds. The van der Waals surface area contributed by atoms with E-state index < -0.39 is 0 Å². The first-order chi connectivity index (χ1) is 5.99. The Kier molecular flexibility index (Phi) is 5.44. The average molecular weight is 184 g/mol. The van der Waals surface area contributed by atoms with Crippen molar-refractivity contribution in [3.05, 3.63) is 12.8 Å². The minimum Gasteiger partial charge on any atom is -0.435 e. The molecular formula is C11H20O2. The van der Waals surface area contributed by atoms with Gasteiger partial charge in [-0.25, -0.2) is 0 Å². The van der Waals surface area contributed by atoms with E-state index in [4.69, 9.17) is 4.74 Å². The Morgan fingerprint density at radius 1 is 1.38 bits per heavy atom. The average Bonchev–Trinajstić information content (AvgIpc) is 1.99. The molecule has 0 aromatic heterocycles. The van der Waals surface area contributed by atoms with E-state index in [2.05, 4.69) is 20.4 Å². The second-order valence-electron chi connectivity index (χ2n) is 4.08.